The minimum absolute atomic E-state index is 0.000653. The highest BCUT2D eigenvalue weighted by Crippen LogP contribution is 2.45. The Morgan fingerprint density at radius 2 is 1.88 bits per heavy atom. The first kappa shape index (κ1) is 16.3. The van der Waals surface area contributed by atoms with Gasteiger partial charge < -0.3 is 4.74 Å². The van der Waals surface area contributed by atoms with Crippen LogP contribution >= 0.6 is 0 Å². The summed E-state index contributed by atoms with van der Waals surface area (Å²) in [6.45, 7) is 3.99. The van der Waals surface area contributed by atoms with E-state index in [1.165, 1.54) is 0 Å². The number of esters is 1. The van der Waals surface area contributed by atoms with E-state index in [0.29, 0.717) is 17.7 Å². The van der Waals surface area contributed by atoms with Gasteiger partial charge in [-0.3, -0.25) is 4.79 Å². The molecule has 24 heavy (non-hydrogen) atoms. The zero-order valence-electron chi connectivity index (χ0n) is 13.4. The molecule has 0 bridgehead atoms. The van der Waals surface area contributed by atoms with Crippen LogP contribution in [0, 0.1) is 36.5 Å². The largest absolute Gasteiger partial charge is 0.426 e. The van der Waals surface area contributed by atoms with Crippen molar-refractivity contribution in [1.82, 2.24) is 0 Å². The molecule has 3 heteroatoms. The molecule has 0 N–H and O–H groups in total. The fourth-order valence-electron chi connectivity index (χ4n) is 3.34. The highest BCUT2D eigenvalue weighted by Gasteiger charge is 2.42. The van der Waals surface area contributed by atoms with Crippen LogP contribution < -0.4 is 4.74 Å². The predicted octanol–water partition coefficient (Wildman–Crippen LogP) is 4.31. The molecule has 0 aromatic heterocycles. The lowest BCUT2D eigenvalue weighted by Gasteiger charge is -2.23. The normalized spacial score (nSPS) is 22.8. The smallest absolute Gasteiger partial charge is 0.315 e. The van der Waals surface area contributed by atoms with Gasteiger partial charge in [-0.05, 0) is 55.0 Å². The molecule has 2 radical (unpaired) electrons. The fourth-order valence-corrected chi connectivity index (χ4v) is 3.34. The average molecular weight is 317 g/mol. The number of rotatable bonds is 4. The Labute approximate surface area is 142 Å². The van der Waals surface area contributed by atoms with Gasteiger partial charge in [0.1, 0.15) is 5.75 Å². The molecule has 3 unspecified atom stereocenters. The second-order valence-corrected chi connectivity index (χ2v) is 6.04. The quantitative estimate of drug-likeness (QED) is 0.623. The van der Waals surface area contributed by atoms with Crippen LogP contribution in [0.3, 0.4) is 0 Å². The van der Waals surface area contributed by atoms with Crippen molar-refractivity contribution in [3.63, 3.8) is 0 Å². The van der Waals surface area contributed by atoms with Crippen LogP contribution in [0.1, 0.15) is 29.9 Å². The summed E-state index contributed by atoms with van der Waals surface area (Å²) in [5.74, 6) is 0.298. The van der Waals surface area contributed by atoms with Crippen LogP contribution in [0.5, 0.6) is 5.75 Å². The van der Waals surface area contributed by atoms with Crippen molar-refractivity contribution in [3.8, 4) is 11.8 Å². The first-order valence-corrected chi connectivity index (χ1v) is 8.12. The summed E-state index contributed by atoms with van der Waals surface area (Å²) in [6, 6.07) is 18.7. The van der Waals surface area contributed by atoms with Crippen molar-refractivity contribution in [2.45, 2.75) is 18.8 Å². The zero-order chi connectivity index (χ0) is 16.9. The molecule has 1 fully saturated rings. The van der Waals surface area contributed by atoms with Crippen LogP contribution in [0.15, 0.2) is 54.6 Å². The molecular formula is C21H19NO2. The summed E-state index contributed by atoms with van der Waals surface area (Å²) in [4.78, 5) is 12.8. The number of carbonyl (C=O) groups excluding carboxylic acids is 1. The summed E-state index contributed by atoms with van der Waals surface area (Å²) < 4.78 is 5.59. The van der Waals surface area contributed by atoms with E-state index < -0.39 is 0 Å². The van der Waals surface area contributed by atoms with Crippen LogP contribution in [0.25, 0.3) is 0 Å². The Balaban J connectivity index is 1.83. The van der Waals surface area contributed by atoms with E-state index in [9.17, 15) is 4.79 Å². The Kier molecular flexibility index (Phi) is 4.96. The SMILES string of the molecule is [CH2]CC1C[CH]C(c2ccc(C#N)cc2)C1C(=O)Oc1ccccc1. The van der Waals surface area contributed by atoms with E-state index in [4.69, 9.17) is 10.00 Å². The van der Waals surface area contributed by atoms with E-state index in [2.05, 4.69) is 19.4 Å². The van der Waals surface area contributed by atoms with Gasteiger partial charge in [-0.25, -0.2) is 0 Å². The first-order chi connectivity index (χ1) is 11.7. The monoisotopic (exact) mass is 317 g/mol. The van der Waals surface area contributed by atoms with E-state index in [1.807, 2.05) is 30.3 Å². The highest BCUT2D eigenvalue weighted by molar-refractivity contribution is 5.77. The molecule has 0 aliphatic heterocycles. The second kappa shape index (κ2) is 7.31. The summed E-state index contributed by atoms with van der Waals surface area (Å²) in [7, 11) is 0. The van der Waals surface area contributed by atoms with Crippen LogP contribution in [0.2, 0.25) is 0 Å². The fraction of sp³-hybridized carbons (Fsp3) is 0.238. The summed E-state index contributed by atoms with van der Waals surface area (Å²) in [5, 5.41) is 8.94. The van der Waals surface area contributed by atoms with Crippen molar-refractivity contribution in [1.29, 1.82) is 5.26 Å². The third kappa shape index (κ3) is 3.33. The molecule has 2 aromatic rings. The summed E-state index contributed by atoms with van der Waals surface area (Å²) in [5.41, 5.74) is 1.66. The van der Waals surface area contributed by atoms with E-state index >= 15 is 0 Å². The van der Waals surface area contributed by atoms with Gasteiger partial charge in [0.2, 0.25) is 0 Å². The van der Waals surface area contributed by atoms with Crippen LogP contribution in [0.4, 0.5) is 0 Å². The van der Waals surface area contributed by atoms with Crippen molar-refractivity contribution < 1.29 is 9.53 Å². The number of benzene rings is 2. The lowest BCUT2D eigenvalue weighted by atomic mass is 9.83. The van der Waals surface area contributed by atoms with Gasteiger partial charge in [0.15, 0.2) is 0 Å². The predicted molar refractivity (Wildman–Crippen MR) is 91.8 cm³/mol. The number of para-hydroxylation sites is 1. The van der Waals surface area contributed by atoms with Gasteiger partial charge in [0, 0.05) is 5.92 Å². The van der Waals surface area contributed by atoms with Gasteiger partial charge in [0.25, 0.3) is 0 Å². The Bertz CT molecular complexity index is 731. The number of ether oxygens (including phenoxy) is 1. The minimum Gasteiger partial charge on any atom is -0.426 e. The van der Waals surface area contributed by atoms with Gasteiger partial charge in [-0.2, -0.15) is 5.26 Å². The first-order valence-electron chi connectivity index (χ1n) is 8.12. The minimum atomic E-state index is -0.240. The van der Waals surface area contributed by atoms with Crippen LogP contribution in [-0.4, -0.2) is 5.97 Å². The maximum absolute atomic E-state index is 12.8. The van der Waals surface area contributed by atoms with Crippen LogP contribution in [-0.2, 0) is 4.79 Å². The van der Waals surface area contributed by atoms with E-state index in [-0.39, 0.29) is 23.7 Å². The van der Waals surface area contributed by atoms with Crippen molar-refractivity contribution in [2.75, 3.05) is 0 Å². The highest BCUT2D eigenvalue weighted by atomic mass is 16.5. The molecular weight excluding hydrogens is 298 g/mol. The van der Waals surface area contributed by atoms with E-state index in [0.717, 1.165) is 12.0 Å². The standard InChI is InChI=1S/C21H19NO2/c1-2-16-12-13-19(17-10-8-15(14-22)9-11-17)20(16)21(23)24-18-6-4-3-5-7-18/h3-11,13,16,19-20H,1-2,12H2. The van der Waals surface area contributed by atoms with Gasteiger partial charge in [0.05, 0.1) is 17.6 Å². The number of carbonyl (C=O) groups is 1. The molecule has 3 rings (SSSR count). The average Bonchev–Trinajstić information content (AvgIpc) is 3.07. The molecule has 0 amide bonds. The van der Waals surface area contributed by atoms with Gasteiger partial charge in [-0.1, -0.05) is 37.3 Å². The molecule has 1 aliphatic rings. The lowest BCUT2D eigenvalue weighted by molar-refractivity contribution is -0.140. The van der Waals surface area contributed by atoms with Crippen molar-refractivity contribution in [2.24, 2.45) is 11.8 Å². The number of hydrogen-bond acceptors (Lipinski definition) is 3. The molecule has 2 aromatic carbocycles. The van der Waals surface area contributed by atoms with Crippen molar-refractivity contribution >= 4 is 5.97 Å². The molecule has 1 saturated carbocycles. The molecule has 3 atom stereocenters. The second-order valence-electron chi connectivity index (χ2n) is 6.04. The Hall–Kier alpha value is -2.60. The van der Waals surface area contributed by atoms with Gasteiger partial charge >= 0.3 is 5.97 Å². The maximum atomic E-state index is 12.8. The number of nitriles is 1. The lowest BCUT2D eigenvalue weighted by Crippen LogP contribution is -2.28. The topological polar surface area (TPSA) is 50.1 Å². The van der Waals surface area contributed by atoms with Gasteiger partial charge in [-0.15, -0.1) is 0 Å². The molecule has 3 nitrogen and oxygen atoms in total. The molecule has 0 saturated heterocycles. The number of nitrogens with zero attached hydrogens (tertiary/aromatic N) is 1. The molecule has 1 aliphatic carbocycles. The summed E-state index contributed by atoms with van der Waals surface area (Å²) >= 11 is 0. The molecule has 120 valence electrons. The Morgan fingerprint density at radius 1 is 1.17 bits per heavy atom. The molecule has 0 spiro atoms. The zero-order valence-corrected chi connectivity index (χ0v) is 13.4. The summed E-state index contributed by atoms with van der Waals surface area (Å²) in [6.07, 6.45) is 3.72. The number of hydrogen-bond donors (Lipinski definition) is 0. The third-order valence-electron chi connectivity index (χ3n) is 4.62. The van der Waals surface area contributed by atoms with Crippen molar-refractivity contribution in [3.05, 3.63) is 79.1 Å². The maximum Gasteiger partial charge on any atom is 0.315 e. The molecule has 0 heterocycles. The van der Waals surface area contributed by atoms with E-state index in [1.54, 1.807) is 24.3 Å². The Morgan fingerprint density at radius 3 is 2.50 bits per heavy atom. The third-order valence-corrected chi connectivity index (χ3v) is 4.62.